The Morgan fingerprint density at radius 2 is 1.32 bits per heavy atom. The third kappa shape index (κ3) is 3.40. The van der Waals surface area contributed by atoms with Crippen LogP contribution >= 0.6 is 0 Å². The van der Waals surface area contributed by atoms with Gasteiger partial charge in [0.25, 0.3) is 0 Å². The Morgan fingerprint density at radius 3 is 1.97 bits per heavy atom. The van der Waals surface area contributed by atoms with E-state index in [0.29, 0.717) is 0 Å². The normalized spacial score (nSPS) is 16.9. The van der Waals surface area contributed by atoms with Gasteiger partial charge in [-0.05, 0) is 79.0 Å². The maximum Gasteiger partial charge on any atom is 0.0741 e. The number of aromatic amines is 2. The van der Waals surface area contributed by atoms with Gasteiger partial charge in [-0.25, -0.2) is 9.97 Å². The summed E-state index contributed by atoms with van der Waals surface area (Å²) in [6.07, 6.45) is 16.6. The predicted octanol–water partition coefficient (Wildman–Crippen LogP) is 5.71. The smallest absolute Gasteiger partial charge is 0.0741 e. The van der Waals surface area contributed by atoms with Crippen molar-refractivity contribution >= 4 is 46.4 Å². The van der Waals surface area contributed by atoms with Crippen LogP contribution in [0.3, 0.4) is 0 Å². The molecule has 0 radical (unpaired) electrons. The molecule has 1 unspecified atom stereocenters. The summed E-state index contributed by atoms with van der Waals surface area (Å²) in [5.41, 5.74) is 9.04. The molecule has 6 heterocycles. The summed E-state index contributed by atoms with van der Waals surface area (Å²) < 4.78 is 0. The van der Waals surface area contributed by atoms with E-state index in [4.69, 9.17) is 9.97 Å². The first-order valence-electron chi connectivity index (χ1n) is 10.3. The third-order valence-electron chi connectivity index (χ3n) is 5.68. The van der Waals surface area contributed by atoms with Gasteiger partial charge in [0.1, 0.15) is 0 Å². The van der Waals surface area contributed by atoms with Gasteiger partial charge in [0.15, 0.2) is 0 Å². The lowest BCUT2D eigenvalue weighted by Crippen LogP contribution is -2.18. The van der Waals surface area contributed by atoms with Crippen molar-refractivity contribution in [2.75, 3.05) is 7.05 Å². The fourth-order valence-electron chi connectivity index (χ4n) is 4.19. The number of nitrogens with one attached hydrogen (secondary N) is 2. The van der Waals surface area contributed by atoms with Crippen molar-refractivity contribution in [2.24, 2.45) is 0 Å². The van der Waals surface area contributed by atoms with Crippen molar-refractivity contribution in [3.63, 3.8) is 0 Å². The molecule has 0 fully saturated rings. The van der Waals surface area contributed by atoms with E-state index in [0.717, 1.165) is 44.8 Å². The average Bonchev–Trinajstić information content (AvgIpc) is 3.53. The number of likely N-dealkylation sites (N-methyl/N-ethyl adjacent to an activating group) is 1. The predicted molar refractivity (Wildman–Crippen MR) is 128 cm³/mol. The Hall–Kier alpha value is -4.12. The van der Waals surface area contributed by atoms with E-state index in [1.54, 1.807) is 0 Å². The summed E-state index contributed by atoms with van der Waals surface area (Å²) in [5, 5.41) is 0. The summed E-state index contributed by atoms with van der Waals surface area (Å²) in [5.74, 6) is 0. The monoisotopic (exact) mass is 403 g/mol. The zero-order valence-corrected chi connectivity index (χ0v) is 17.1. The SMILES string of the molecule is CN1C=CC=CC1c1cc2cc3nc(cc4ccc(cc5nc(cc1[nH]2)C=C5)[nH]4)C=C3. The van der Waals surface area contributed by atoms with E-state index in [1.807, 2.05) is 18.2 Å². The maximum atomic E-state index is 4.79. The fraction of sp³-hybridized carbons (Fsp3) is 0.0769. The second-order valence-electron chi connectivity index (χ2n) is 7.97. The molecule has 6 rings (SSSR count). The molecule has 2 N–H and O–H groups in total. The van der Waals surface area contributed by atoms with E-state index < -0.39 is 0 Å². The molecule has 0 aromatic carbocycles. The fourth-order valence-corrected chi connectivity index (χ4v) is 4.19. The molecule has 1 atom stereocenters. The van der Waals surface area contributed by atoms with Crippen molar-refractivity contribution in [3.05, 3.63) is 95.2 Å². The second kappa shape index (κ2) is 6.99. The number of nitrogens with zero attached hydrogens (tertiary/aromatic N) is 3. The Labute approximate surface area is 179 Å². The van der Waals surface area contributed by atoms with Crippen molar-refractivity contribution in [2.45, 2.75) is 6.04 Å². The van der Waals surface area contributed by atoms with Crippen LogP contribution in [-0.4, -0.2) is 31.9 Å². The molecule has 3 aromatic heterocycles. The van der Waals surface area contributed by atoms with Gasteiger partial charge >= 0.3 is 0 Å². The highest BCUT2D eigenvalue weighted by atomic mass is 15.1. The summed E-state index contributed by atoms with van der Waals surface area (Å²) in [6.45, 7) is 0. The lowest BCUT2D eigenvalue weighted by atomic mass is 10.0. The van der Waals surface area contributed by atoms with Crippen LogP contribution in [0.4, 0.5) is 0 Å². The van der Waals surface area contributed by atoms with Crippen LogP contribution in [0.5, 0.6) is 0 Å². The highest BCUT2D eigenvalue weighted by molar-refractivity contribution is 5.78. The average molecular weight is 403 g/mol. The van der Waals surface area contributed by atoms with Gasteiger partial charge in [0.05, 0.1) is 28.8 Å². The van der Waals surface area contributed by atoms with Crippen LogP contribution in [0.25, 0.3) is 46.4 Å². The topological polar surface area (TPSA) is 60.6 Å². The van der Waals surface area contributed by atoms with Crippen LogP contribution in [0.15, 0.2) is 66.9 Å². The molecular weight excluding hydrogens is 382 g/mol. The van der Waals surface area contributed by atoms with Crippen LogP contribution in [0, 0.1) is 0 Å². The minimum atomic E-state index is 0.159. The molecule has 3 aliphatic heterocycles. The first-order valence-corrected chi connectivity index (χ1v) is 10.3. The molecule has 0 saturated heterocycles. The maximum absolute atomic E-state index is 4.79. The van der Waals surface area contributed by atoms with E-state index in [2.05, 4.69) is 94.9 Å². The van der Waals surface area contributed by atoms with E-state index in [-0.39, 0.29) is 6.04 Å². The van der Waals surface area contributed by atoms with Gasteiger partial charge in [-0.1, -0.05) is 12.2 Å². The molecule has 150 valence electrons. The van der Waals surface area contributed by atoms with E-state index in [1.165, 1.54) is 5.56 Å². The van der Waals surface area contributed by atoms with Crippen molar-refractivity contribution in [1.82, 2.24) is 24.8 Å². The molecule has 3 aliphatic rings. The third-order valence-corrected chi connectivity index (χ3v) is 5.68. The van der Waals surface area contributed by atoms with Crippen molar-refractivity contribution in [1.29, 1.82) is 0 Å². The number of allylic oxidation sites excluding steroid dienone is 2. The summed E-state index contributed by atoms with van der Waals surface area (Å²) in [6, 6.07) is 14.8. The van der Waals surface area contributed by atoms with Gasteiger partial charge in [-0.2, -0.15) is 0 Å². The molecule has 8 bridgehead atoms. The van der Waals surface area contributed by atoms with Crippen molar-refractivity contribution in [3.8, 4) is 0 Å². The molecule has 0 amide bonds. The molecule has 31 heavy (non-hydrogen) atoms. The van der Waals surface area contributed by atoms with Crippen LogP contribution in [-0.2, 0) is 0 Å². The molecule has 5 heteroatoms. The lowest BCUT2D eigenvalue weighted by molar-refractivity contribution is 0.392. The highest BCUT2D eigenvalue weighted by Crippen LogP contribution is 2.29. The molecule has 0 spiro atoms. The van der Waals surface area contributed by atoms with Crippen LogP contribution in [0.1, 0.15) is 34.4 Å². The first-order chi connectivity index (χ1) is 15.2. The number of hydrogen-bond acceptors (Lipinski definition) is 3. The number of hydrogen-bond donors (Lipinski definition) is 2. The number of aromatic nitrogens is 4. The van der Waals surface area contributed by atoms with Gasteiger partial charge in [-0.15, -0.1) is 0 Å². The number of H-pyrrole nitrogens is 2. The first kappa shape index (κ1) is 17.7. The number of fused-ring (bicyclic) bond motifs is 8. The number of rotatable bonds is 1. The van der Waals surface area contributed by atoms with Gasteiger partial charge < -0.3 is 14.9 Å². The van der Waals surface area contributed by atoms with E-state index in [9.17, 15) is 0 Å². The summed E-state index contributed by atoms with van der Waals surface area (Å²) in [4.78, 5) is 18.8. The molecule has 0 aliphatic carbocycles. The molecule has 5 nitrogen and oxygen atoms in total. The summed E-state index contributed by atoms with van der Waals surface area (Å²) >= 11 is 0. The standard InChI is InChI=1S/C26H21N5/c1-31-11-3-2-4-26(31)24-15-23-14-21-8-7-19(28-21)12-17-5-6-18(27-17)13-20-9-10-22(29-20)16-25(24)30-23/h2-16,26-27,30H,1H3. The molecule has 3 aromatic rings. The summed E-state index contributed by atoms with van der Waals surface area (Å²) in [7, 11) is 2.10. The Balaban J connectivity index is 1.64. The minimum absolute atomic E-state index is 0.159. The minimum Gasteiger partial charge on any atom is -0.370 e. The zero-order valence-electron chi connectivity index (χ0n) is 17.1. The van der Waals surface area contributed by atoms with Gasteiger partial charge in [0, 0.05) is 34.7 Å². The van der Waals surface area contributed by atoms with Gasteiger partial charge in [0.2, 0.25) is 0 Å². The van der Waals surface area contributed by atoms with Crippen molar-refractivity contribution < 1.29 is 0 Å². The van der Waals surface area contributed by atoms with Gasteiger partial charge in [-0.3, -0.25) is 0 Å². The zero-order chi connectivity index (χ0) is 20.8. The van der Waals surface area contributed by atoms with Crippen LogP contribution < -0.4 is 0 Å². The van der Waals surface area contributed by atoms with E-state index >= 15 is 0 Å². The second-order valence-corrected chi connectivity index (χ2v) is 7.97. The Bertz CT molecular complexity index is 1460. The largest absolute Gasteiger partial charge is 0.370 e. The molecular formula is C26H21N5. The quantitative estimate of drug-likeness (QED) is 0.377. The lowest BCUT2D eigenvalue weighted by Gasteiger charge is -2.25. The molecule has 0 saturated carbocycles. The Kier molecular flexibility index (Phi) is 3.99. The Morgan fingerprint density at radius 1 is 0.710 bits per heavy atom. The van der Waals surface area contributed by atoms with Crippen LogP contribution in [0.2, 0.25) is 0 Å². The highest BCUT2D eigenvalue weighted by Gasteiger charge is 2.17.